The second kappa shape index (κ2) is 4.70. The van der Waals surface area contributed by atoms with E-state index in [2.05, 4.69) is 4.99 Å². The second-order valence-corrected chi connectivity index (χ2v) is 3.49. The fourth-order valence-electron chi connectivity index (χ4n) is 1.04. The number of nitro benzene ring substituents is 1. The molecule has 0 radical (unpaired) electrons. The molecule has 0 amide bonds. The van der Waals surface area contributed by atoms with Crippen molar-refractivity contribution in [3.05, 3.63) is 33.9 Å². The highest BCUT2D eigenvalue weighted by atomic mass is 35.5. The number of nitro groups is 1. The summed E-state index contributed by atoms with van der Waals surface area (Å²) in [6.07, 6.45) is -4.76. The quantitative estimate of drug-likeness (QED) is 0.465. The highest BCUT2D eigenvalue weighted by Gasteiger charge is 2.34. The first-order valence-electron chi connectivity index (χ1n) is 4.28. The fourth-order valence-corrected chi connectivity index (χ4v) is 1.14. The van der Waals surface area contributed by atoms with Crippen molar-refractivity contribution >= 4 is 28.1 Å². The van der Waals surface area contributed by atoms with E-state index < -0.39 is 16.3 Å². The Kier molecular flexibility index (Phi) is 3.72. The molecule has 8 heteroatoms. The van der Waals surface area contributed by atoms with Gasteiger partial charge in [-0.2, -0.15) is 13.2 Å². The molecule has 0 aliphatic carbocycles. The van der Waals surface area contributed by atoms with Crippen molar-refractivity contribution in [1.82, 2.24) is 0 Å². The molecular formula is C9H6ClF3N2O2. The van der Waals surface area contributed by atoms with Crippen LogP contribution in [0.25, 0.3) is 0 Å². The van der Waals surface area contributed by atoms with E-state index in [1.54, 1.807) is 0 Å². The van der Waals surface area contributed by atoms with Gasteiger partial charge in [0, 0.05) is 11.6 Å². The molecule has 0 spiro atoms. The van der Waals surface area contributed by atoms with Gasteiger partial charge in [-0.1, -0.05) is 17.7 Å². The van der Waals surface area contributed by atoms with Crippen LogP contribution >= 0.6 is 11.6 Å². The lowest BCUT2D eigenvalue weighted by Gasteiger charge is -2.03. The van der Waals surface area contributed by atoms with E-state index in [9.17, 15) is 23.3 Å². The summed E-state index contributed by atoms with van der Waals surface area (Å²) in [6.45, 7) is 1.47. The molecule has 0 bridgehead atoms. The molecule has 0 saturated heterocycles. The van der Waals surface area contributed by atoms with E-state index in [-0.39, 0.29) is 11.4 Å². The average Bonchev–Trinajstić information content (AvgIpc) is 2.19. The Morgan fingerprint density at radius 2 is 2.06 bits per heavy atom. The van der Waals surface area contributed by atoms with Gasteiger partial charge in [-0.15, -0.1) is 0 Å². The lowest BCUT2D eigenvalue weighted by atomic mass is 10.2. The molecule has 0 saturated carbocycles. The summed E-state index contributed by atoms with van der Waals surface area (Å²) in [7, 11) is 0. The van der Waals surface area contributed by atoms with Crippen LogP contribution in [0.3, 0.4) is 0 Å². The Hall–Kier alpha value is -1.63. The van der Waals surface area contributed by atoms with Crippen LogP contribution in [0.1, 0.15) is 5.56 Å². The molecule has 4 nitrogen and oxygen atoms in total. The van der Waals surface area contributed by atoms with Gasteiger partial charge >= 0.3 is 6.18 Å². The molecule has 1 rings (SSSR count). The average molecular weight is 267 g/mol. The zero-order valence-corrected chi connectivity index (χ0v) is 9.21. The third-order valence-corrected chi connectivity index (χ3v) is 2.15. The number of rotatable bonds is 2. The summed E-state index contributed by atoms with van der Waals surface area (Å²) < 4.78 is 36.2. The Morgan fingerprint density at radius 3 is 2.53 bits per heavy atom. The third kappa shape index (κ3) is 3.42. The van der Waals surface area contributed by atoms with Crippen LogP contribution in [-0.2, 0) is 0 Å². The minimum absolute atomic E-state index is 0.218. The summed E-state index contributed by atoms with van der Waals surface area (Å²) in [5, 5.41) is 8.99. The van der Waals surface area contributed by atoms with Crippen LogP contribution in [0.5, 0.6) is 0 Å². The molecular weight excluding hydrogens is 261 g/mol. The number of hydrogen-bond acceptors (Lipinski definition) is 3. The van der Waals surface area contributed by atoms with E-state index in [1.165, 1.54) is 19.1 Å². The topological polar surface area (TPSA) is 55.5 Å². The number of nitrogens with zero attached hydrogens (tertiary/aromatic N) is 2. The zero-order chi connectivity index (χ0) is 13.2. The second-order valence-electron chi connectivity index (χ2n) is 3.13. The van der Waals surface area contributed by atoms with Crippen molar-refractivity contribution in [2.45, 2.75) is 13.1 Å². The molecule has 1 aromatic carbocycles. The molecule has 0 aliphatic rings. The molecule has 0 heterocycles. The SMILES string of the molecule is Cc1ccc(N=C(Cl)C(F)(F)F)cc1[N+](=O)[O-]. The molecule has 17 heavy (non-hydrogen) atoms. The van der Waals surface area contributed by atoms with Gasteiger partial charge in [0.15, 0.2) is 0 Å². The van der Waals surface area contributed by atoms with Gasteiger partial charge in [-0.05, 0) is 13.0 Å². The third-order valence-electron chi connectivity index (χ3n) is 1.85. The summed E-state index contributed by atoms with van der Waals surface area (Å²) in [5.74, 6) is 0. The van der Waals surface area contributed by atoms with Gasteiger partial charge in [0.1, 0.15) is 0 Å². The normalized spacial score (nSPS) is 12.6. The van der Waals surface area contributed by atoms with Crippen LogP contribution in [0.15, 0.2) is 23.2 Å². The Labute approximate surface area is 98.9 Å². The first-order valence-corrected chi connectivity index (χ1v) is 4.66. The highest BCUT2D eigenvalue weighted by molar-refractivity contribution is 6.67. The zero-order valence-electron chi connectivity index (χ0n) is 8.45. The number of halogens is 4. The summed E-state index contributed by atoms with van der Waals surface area (Å²) >= 11 is 4.92. The number of benzene rings is 1. The first kappa shape index (κ1) is 13.4. The number of aliphatic imine (C=N–C) groups is 1. The Bertz CT molecular complexity index is 486. The molecule has 1 aromatic rings. The summed E-state index contributed by atoms with van der Waals surface area (Å²) in [5.41, 5.74) is -0.195. The summed E-state index contributed by atoms with van der Waals surface area (Å²) in [4.78, 5) is 12.9. The highest BCUT2D eigenvalue weighted by Crippen LogP contribution is 2.27. The van der Waals surface area contributed by atoms with Crippen LogP contribution in [0.4, 0.5) is 24.5 Å². The van der Waals surface area contributed by atoms with E-state index in [1.807, 2.05) is 0 Å². The van der Waals surface area contributed by atoms with Crippen molar-refractivity contribution in [1.29, 1.82) is 0 Å². The van der Waals surface area contributed by atoms with Crippen LogP contribution in [0, 0.1) is 17.0 Å². The number of alkyl halides is 3. The van der Waals surface area contributed by atoms with Gasteiger partial charge in [-0.3, -0.25) is 10.1 Å². The van der Waals surface area contributed by atoms with E-state index in [4.69, 9.17) is 11.6 Å². The van der Waals surface area contributed by atoms with Gasteiger partial charge in [0.05, 0.1) is 10.6 Å². The minimum atomic E-state index is -4.76. The largest absolute Gasteiger partial charge is 0.444 e. The monoisotopic (exact) mass is 266 g/mol. The van der Waals surface area contributed by atoms with Crippen LogP contribution < -0.4 is 0 Å². The van der Waals surface area contributed by atoms with Gasteiger partial charge < -0.3 is 0 Å². The fraction of sp³-hybridized carbons (Fsp3) is 0.222. The lowest BCUT2D eigenvalue weighted by molar-refractivity contribution is -0.385. The maximum Gasteiger partial charge on any atom is 0.444 e. The first-order chi connectivity index (χ1) is 7.71. The van der Waals surface area contributed by atoms with Gasteiger partial charge in [0.2, 0.25) is 5.17 Å². The number of hydrogen-bond donors (Lipinski definition) is 0. The van der Waals surface area contributed by atoms with Crippen LogP contribution in [-0.4, -0.2) is 16.3 Å². The molecule has 0 aliphatic heterocycles. The maximum atomic E-state index is 12.1. The standard InChI is InChI=1S/C9H6ClF3N2O2/c1-5-2-3-6(4-7(5)15(16)17)14-8(10)9(11,12)13/h2-4H,1H3. The van der Waals surface area contributed by atoms with Crippen molar-refractivity contribution in [3.63, 3.8) is 0 Å². The Morgan fingerprint density at radius 1 is 1.47 bits per heavy atom. The van der Waals surface area contributed by atoms with Crippen LogP contribution in [0.2, 0.25) is 0 Å². The molecule has 0 aromatic heterocycles. The maximum absolute atomic E-state index is 12.1. The van der Waals surface area contributed by atoms with E-state index in [0.717, 1.165) is 6.07 Å². The minimum Gasteiger partial charge on any atom is -0.258 e. The van der Waals surface area contributed by atoms with Gasteiger partial charge in [0.25, 0.3) is 5.69 Å². The van der Waals surface area contributed by atoms with Gasteiger partial charge in [-0.25, -0.2) is 4.99 Å². The van der Waals surface area contributed by atoms with E-state index in [0.29, 0.717) is 5.56 Å². The van der Waals surface area contributed by atoms with Crippen molar-refractivity contribution in [2.75, 3.05) is 0 Å². The molecule has 0 atom stereocenters. The van der Waals surface area contributed by atoms with Crippen molar-refractivity contribution < 1.29 is 18.1 Å². The molecule has 0 fully saturated rings. The predicted octanol–water partition coefficient (Wildman–Crippen LogP) is 3.73. The predicted molar refractivity (Wildman–Crippen MR) is 56.8 cm³/mol. The van der Waals surface area contributed by atoms with Crippen molar-refractivity contribution in [3.8, 4) is 0 Å². The number of aryl methyl sites for hydroxylation is 1. The van der Waals surface area contributed by atoms with E-state index >= 15 is 0 Å². The summed E-state index contributed by atoms with van der Waals surface area (Å²) in [6, 6.07) is 3.46. The van der Waals surface area contributed by atoms with Crippen molar-refractivity contribution in [2.24, 2.45) is 4.99 Å². The Balaban J connectivity index is 3.18. The molecule has 92 valence electrons. The smallest absolute Gasteiger partial charge is 0.258 e. The molecule has 0 unspecified atom stereocenters. The lowest BCUT2D eigenvalue weighted by Crippen LogP contribution is -2.16. The molecule has 0 N–H and O–H groups in total.